The zero-order valence-corrected chi connectivity index (χ0v) is 8.67. The van der Waals surface area contributed by atoms with Crippen LogP contribution in [0.3, 0.4) is 0 Å². The molecule has 0 atom stereocenters. The third-order valence-corrected chi connectivity index (χ3v) is 1.34. The molecule has 0 aliphatic carbocycles. The first-order valence-electron chi connectivity index (χ1n) is 4.40. The molecule has 14 heavy (non-hydrogen) atoms. The predicted molar refractivity (Wildman–Crippen MR) is 51.6 cm³/mol. The van der Waals surface area contributed by atoms with Crippen molar-refractivity contribution in [2.24, 2.45) is 0 Å². The van der Waals surface area contributed by atoms with E-state index in [1.165, 1.54) is 0 Å². The Balaban J connectivity index is 3.39. The van der Waals surface area contributed by atoms with E-state index < -0.39 is 5.97 Å². The summed E-state index contributed by atoms with van der Waals surface area (Å²) in [5.41, 5.74) is 2.92. The molecule has 0 aromatic carbocycles. The van der Waals surface area contributed by atoms with Crippen LogP contribution in [0.4, 0.5) is 0 Å². The molecule has 0 unspecified atom stereocenters. The van der Waals surface area contributed by atoms with Crippen LogP contribution in [0, 0.1) is 0 Å². The van der Waals surface area contributed by atoms with Crippen LogP contribution in [-0.2, 0) is 19.1 Å². The molecule has 0 radical (unpaired) electrons. The number of carbonyl (C=O) groups is 1. The molecule has 1 N–H and O–H groups in total. The van der Waals surface area contributed by atoms with Crippen molar-refractivity contribution in [3.05, 3.63) is 12.2 Å². The van der Waals surface area contributed by atoms with Gasteiger partial charge in [-0.3, -0.25) is 4.84 Å². The normalized spacial score (nSPS) is 9.86. The fraction of sp³-hybridized carbons (Fsp3) is 0.667. The minimum atomic E-state index is -0.407. The topological polar surface area (TPSA) is 56.8 Å². The number of esters is 1. The summed E-state index contributed by atoms with van der Waals surface area (Å²) in [6, 6.07) is 0. The molecule has 82 valence electrons. The third-order valence-electron chi connectivity index (χ3n) is 1.34. The lowest BCUT2D eigenvalue weighted by Crippen LogP contribution is -2.23. The molecule has 0 bridgehead atoms. The Morgan fingerprint density at radius 3 is 2.71 bits per heavy atom. The van der Waals surface area contributed by atoms with Crippen LogP contribution in [-0.4, -0.2) is 39.4 Å². The van der Waals surface area contributed by atoms with E-state index >= 15 is 0 Å². The van der Waals surface area contributed by atoms with Gasteiger partial charge in [0.1, 0.15) is 0 Å². The summed E-state index contributed by atoms with van der Waals surface area (Å²) in [5.74, 6) is -0.407. The maximum Gasteiger partial charge on any atom is 0.334 e. The van der Waals surface area contributed by atoms with Crippen molar-refractivity contribution in [2.45, 2.75) is 6.92 Å². The molecule has 0 aromatic heterocycles. The van der Waals surface area contributed by atoms with Gasteiger partial charge in [0.05, 0.1) is 26.4 Å². The Morgan fingerprint density at radius 2 is 2.14 bits per heavy atom. The number of ether oxygens (including phenoxy) is 2. The molecular formula is C9H17NO4. The number of nitrogens with one attached hydrogen (secondary N) is 1. The third kappa shape index (κ3) is 6.59. The molecule has 5 heteroatoms. The monoisotopic (exact) mass is 203 g/mol. The van der Waals surface area contributed by atoms with Gasteiger partial charge in [-0.15, -0.1) is 0 Å². The number of carbonyl (C=O) groups excluding carboxylic acids is 1. The molecule has 0 aromatic rings. The molecule has 0 aliphatic heterocycles. The Kier molecular flexibility index (Phi) is 8.11. The van der Waals surface area contributed by atoms with Crippen molar-refractivity contribution in [1.82, 2.24) is 5.48 Å². The van der Waals surface area contributed by atoms with Crippen LogP contribution in [0.15, 0.2) is 12.2 Å². The highest BCUT2D eigenvalue weighted by Gasteiger charge is 2.06. The molecule has 0 aliphatic rings. The quantitative estimate of drug-likeness (QED) is 0.266. The van der Waals surface area contributed by atoms with E-state index in [-0.39, 0.29) is 6.54 Å². The second kappa shape index (κ2) is 8.68. The highest BCUT2D eigenvalue weighted by molar-refractivity contribution is 5.88. The Hall–Kier alpha value is -0.910. The van der Waals surface area contributed by atoms with Crippen molar-refractivity contribution in [3.8, 4) is 0 Å². The number of hydrogen-bond donors (Lipinski definition) is 1. The minimum absolute atomic E-state index is 0.253. The van der Waals surface area contributed by atoms with Gasteiger partial charge in [-0.1, -0.05) is 6.58 Å². The van der Waals surface area contributed by atoms with Crippen LogP contribution in [0.2, 0.25) is 0 Å². The highest BCUT2D eigenvalue weighted by Crippen LogP contribution is 1.92. The lowest BCUT2D eigenvalue weighted by atomic mass is 10.3. The summed E-state index contributed by atoms with van der Waals surface area (Å²) >= 11 is 0. The van der Waals surface area contributed by atoms with Crippen molar-refractivity contribution in [3.63, 3.8) is 0 Å². The summed E-state index contributed by atoms with van der Waals surface area (Å²) in [5, 5.41) is 0. The van der Waals surface area contributed by atoms with Crippen molar-refractivity contribution >= 4 is 5.97 Å². The highest BCUT2D eigenvalue weighted by atomic mass is 16.7. The van der Waals surface area contributed by atoms with Gasteiger partial charge in [-0.05, 0) is 6.92 Å². The number of methoxy groups -OCH3 is 1. The van der Waals surface area contributed by atoms with Crippen LogP contribution >= 0.6 is 0 Å². The summed E-state index contributed by atoms with van der Waals surface area (Å²) < 4.78 is 9.48. The van der Waals surface area contributed by atoms with Crippen molar-refractivity contribution in [2.75, 3.05) is 33.5 Å². The van der Waals surface area contributed by atoms with E-state index in [1.54, 1.807) is 14.0 Å². The van der Waals surface area contributed by atoms with E-state index in [2.05, 4.69) is 12.1 Å². The first-order chi connectivity index (χ1) is 6.72. The van der Waals surface area contributed by atoms with Crippen molar-refractivity contribution < 1.29 is 19.1 Å². The van der Waals surface area contributed by atoms with Gasteiger partial charge in [0.25, 0.3) is 0 Å². The molecule has 0 rings (SSSR count). The Morgan fingerprint density at radius 1 is 1.43 bits per heavy atom. The molecule has 0 fully saturated rings. The average Bonchev–Trinajstić information content (AvgIpc) is 2.17. The van der Waals surface area contributed by atoms with Gasteiger partial charge < -0.3 is 9.47 Å². The van der Waals surface area contributed by atoms with Gasteiger partial charge in [0.2, 0.25) is 0 Å². The lowest BCUT2D eigenvalue weighted by molar-refractivity contribution is -0.138. The molecule has 0 saturated carbocycles. The van der Waals surface area contributed by atoms with E-state index in [4.69, 9.17) is 14.3 Å². The number of hydroxylamine groups is 1. The molecular weight excluding hydrogens is 186 g/mol. The zero-order chi connectivity index (χ0) is 10.8. The van der Waals surface area contributed by atoms with Gasteiger partial charge in [0, 0.05) is 12.7 Å². The van der Waals surface area contributed by atoms with E-state index in [0.717, 1.165) is 0 Å². The largest absolute Gasteiger partial charge is 0.463 e. The van der Waals surface area contributed by atoms with Gasteiger partial charge in [0.15, 0.2) is 0 Å². The fourth-order valence-electron chi connectivity index (χ4n) is 0.641. The van der Waals surface area contributed by atoms with E-state index in [0.29, 0.717) is 25.4 Å². The molecule has 0 saturated heterocycles. The zero-order valence-electron chi connectivity index (χ0n) is 8.67. The summed E-state index contributed by atoms with van der Waals surface area (Å²) in [4.78, 5) is 16.0. The van der Waals surface area contributed by atoms with Gasteiger partial charge in [-0.2, -0.15) is 5.48 Å². The summed E-state index contributed by atoms with van der Waals surface area (Å²) in [6.07, 6.45) is 0. The molecule has 0 heterocycles. The summed E-state index contributed by atoms with van der Waals surface area (Å²) in [6.45, 7) is 6.81. The molecule has 0 amide bonds. The van der Waals surface area contributed by atoms with E-state index in [9.17, 15) is 4.79 Å². The van der Waals surface area contributed by atoms with E-state index in [1.807, 2.05) is 0 Å². The standard InChI is InChI=1S/C9H17NO4/c1-4-13-9(11)8(2)7-10-14-6-5-12-3/h10H,2,4-7H2,1,3H3. The summed E-state index contributed by atoms with van der Waals surface area (Å²) in [7, 11) is 1.58. The number of rotatable bonds is 8. The lowest BCUT2D eigenvalue weighted by Gasteiger charge is -2.07. The molecule has 5 nitrogen and oxygen atoms in total. The van der Waals surface area contributed by atoms with Gasteiger partial charge >= 0.3 is 5.97 Å². The SMILES string of the molecule is C=C(CNOCCOC)C(=O)OCC. The minimum Gasteiger partial charge on any atom is -0.463 e. The van der Waals surface area contributed by atoms with Crippen LogP contribution < -0.4 is 5.48 Å². The first-order valence-corrected chi connectivity index (χ1v) is 4.40. The maximum absolute atomic E-state index is 11.0. The van der Waals surface area contributed by atoms with Crippen LogP contribution in [0.25, 0.3) is 0 Å². The van der Waals surface area contributed by atoms with Crippen molar-refractivity contribution in [1.29, 1.82) is 0 Å². The maximum atomic E-state index is 11.0. The second-order valence-electron chi connectivity index (χ2n) is 2.49. The predicted octanol–water partition coefficient (Wildman–Crippen LogP) is 0.273. The smallest absolute Gasteiger partial charge is 0.334 e. The Bertz CT molecular complexity index is 182. The van der Waals surface area contributed by atoms with Gasteiger partial charge in [-0.25, -0.2) is 4.79 Å². The first kappa shape index (κ1) is 13.1. The average molecular weight is 203 g/mol. The fourth-order valence-corrected chi connectivity index (χ4v) is 0.641. The number of hydrogen-bond acceptors (Lipinski definition) is 5. The second-order valence-corrected chi connectivity index (χ2v) is 2.49. The van der Waals surface area contributed by atoms with Crippen LogP contribution in [0.5, 0.6) is 0 Å². The molecule has 0 spiro atoms. The van der Waals surface area contributed by atoms with Crippen LogP contribution in [0.1, 0.15) is 6.92 Å². The Labute approximate surface area is 84.0 Å².